The van der Waals surface area contributed by atoms with Crippen molar-refractivity contribution in [2.45, 2.75) is 44.1 Å². The van der Waals surface area contributed by atoms with Gasteiger partial charge in [0, 0.05) is 36.6 Å². The summed E-state index contributed by atoms with van der Waals surface area (Å²) in [6.07, 6.45) is 6.86. The minimum atomic E-state index is -0.160. The minimum Gasteiger partial charge on any atom is -0.350 e. The molecule has 6 rings (SSSR count). The van der Waals surface area contributed by atoms with E-state index in [2.05, 4.69) is 10.3 Å². The van der Waals surface area contributed by atoms with Gasteiger partial charge in [-0.1, -0.05) is 48.5 Å². The first kappa shape index (κ1) is 22.9. The molecule has 2 aliphatic rings. The molecule has 2 amide bonds. The summed E-state index contributed by atoms with van der Waals surface area (Å²) < 4.78 is 0. The molecule has 0 bridgehead atoms. The molecule has 1 atom stereocenters. The Balaban J connectivity index is 1.23. The lowest BCUT2D eigenvalue weighted by Crippen LogP contribution is -2.49. The van der Waals surface area contributed by atoms with Crippen LogP contribution >= 0.6 is 11.3 Å². The summed E-state index contributed by atoms with van der Waals surface area (Å²) in [6, 6.07) is 19.5. The van der Waals surface area contributed by atoms with Gasteiger partial charge in [-0.2, -0.15) is 0 Å². The number of rotatable bonds is 6. The van der Waals surface area contributed by atoms with Gasteiger partial charge in [-0.05, 0) is 49.8 Å². The number of carbonyl (C=O) groups excluding carboxylic acids is 2. The molecule has 2 aromatic carbocycles. The molecule has 182 valence electrons. The van der Waals surface area contributed by atoms with Crippen molar-refractivity contribution in [2.24, 2.45) is 0 Å². The van der Waals surface area contributed by atoms with Crippen LogP contribution in [0.2, 0.25) is 0 Å². The highest BCUT2D eigenvalue weighted by Gasteiger charge is 2.34. The maximum absolute atomic E-state index is 13.9. The molecule has 1 aliphatic carbocycles. The molecule has 1 saturated carbocycles. The molecular weight excluding hydrogens is 468 g/mol. The number of likely N-dealkylation sites (tertiary alicyclic amines) is 1. The Hall–Kier alpha value is -3.58. The van der Waals surface area contributed by atoms with Gasteiger partial charge in [-0.3, -0.25) is 14.6 Å². The molecule has 1 N–H and O–H groups in total. The average Bonchev–Trinajstić information content (AvgIpc) is 3.69. The third kappa shape index (κ3) is 4.51. The number of piperidine rings is 1. The molecule has 7 heteroatoms. The van der Waals surface area contributed by atoms with E-state index in [0.717, 1.165) is 52.9 Å². The zero-order chi connectivity index (χ0) is 24.5. The number of nitrogens with zero attached hydrogens (tertiary/aromatic N) is 3. The van der Waals surface area contributed by atoms with Gasteiger partial charge in [0.1, 0.15) is 5.69 Å². The number of hydrogen-bond acceptors (Lipinski definition) is 5. The molecule has 4 aromatic rings. The number of para-hydroxylation sites is 1. The van der Waals surface area contributed by atoms with Crippen LogP contribution in [0.25, 0.3) is 21.3 Å². The third-order valence-corrected chi connectivity index (χ3v) is 8.34. The summed E-state index contributed by atoms with van der Waals surface area (Å²) in [5, 5.41) is 5.09. The smallest absolute Gasteiger partial charge is 0.274 e. The van der Waals surface area contributed by atoms with Gasteiger partial charge >= 0.3 is 0 Å². The van der Waals surface area contributed by atoms with Crippen molar-refractivity contribution in [3.8, 4) is 10.4 Å². The van der Waals surface area contributed by atoms with Crippen LogP contribution in [0.1, 0.15) is 63.9 Å². The standard InChI is InChI=1S/C29H28N4O2S/c34-27(23-13-6-10-19-11-7-16-30-24(19)23)31-18-22-12-4-5-17-33(22)29(35)25-26(20-8-2-1-3-9-20)36-28(32-25)21-14-15-21/h1-3,6-11,13,16,21-22H,4-5,12,14-15,17-18H2,(H,31,34)/t22-/m0/s1. The van der Waals surface area contributed by atoms with E-state index in [4.69, 9.17) is 4.98 Å². The molecule has 0 radical (unpaired) electrons. The van der Waals surface area contributed by atoms with E-state index in [-0.39, 0.29) is 17.9 Å². The molecule has 2 aromatic heterocycles. The molecule has 36 heavy (non-hydrogen) atoms. The lowest BCUT2D eigenvalue weighted by Gasteiger charge is -2.35. The Labute approximate surface area is 214 Å². The summed E-state index contributed by atoms with van der Waals surface area (Å²) in [4.78, 5) is 39.2. The molecule has 1 saturated heterocycles. The zero-order valence-electron chi connectivity index (χ0n) is 20.0. The number of thiazole rings is 1. The lowest BCUT2D eigenvalue weighted by molar-refractivity contribution is 0.0598. The number of amides is 2. The van der Waals surface area contributed by atoms with E-state index in [1.165, 1.54) is 0 Å². The van der Waals surface area contributed by atoms with Gasteiger partial charge in [-0.15, -0.1) is 11.3 Å². The first-order chi connectivity index (χ1) is 17.7. The Morgan fingerprint density at radius 3 is 2.64 bits per heavy atom. The molecule has 0 spiro atoms. The molecular formula is C29H28N4O2S. The first-order valence-corrected chi connectivity index (χ1v) is 13.5. The quantitative estimate of drug-likeness (QED) is 0.374. The number of aromatic nitrogens is 2. The summed E-state index contributed by atoms with van der Waals surface area (Å²) >= 11 is 1.66. The highest BCUT2D eigenvalue weighted by atomic mass is 32.1. The van der Waals surface area contributed by atoms with Crippen molar-refractivity contribution in [3.05, 3.63) is 83.1 Å². The fourth-order valence-corrected chi connectivity index (χ4v) is 6.21. The van der Waals surface area contributed by atoms with Crippen molar-refractivity contribution >= 4 is 34.1 Å². The molecule has 6 nitrogen and oxygen atoms in total. The second-order valence-electron chi connectivity index (χ2n) is 9.61. The number of fused-ring (bicyclic) bond motifs is 1. The topological polar surface area (TPSA) is 75.2 Å². The van der Waals surface area contributed by atoms with Crippen LogP contribution in [0.5, 0.6) is 0 Å². The predicted octanol–water partition coefficient (Wildman–Crippen LogP) is 5.66. The molecule has 1 aliphatic heterocycles. The van der Waals surface area contributed by atoms with E-state index in [0.29, 0.717) is 35.8 Å². The predicted molar refractivity (Wildman–Crippen MR) is 142 cm³/mol. The van der Waals surface area contributed by atoms with Gasteiger partial charge in [0.05, 0.1) is 21.0 Å². The lowest BCUT2D eigenvalue weighted by atomic mass is 10.0. The molecule has 3 heterocycles. The number of carbonyl (C=O) groups is 2. The van der Waals surface area contributed by atoms with Crippen molar-refractivity contribution in [1.29, 1.82) is 0 Å². The SMILES string of the molecule is O=C(NC[C@@H]1CCCCN1C(=O)c1nc(C2CC2)sc1-c1ccccc1)c1cccc2cccnc12. The maximum Gasteiger partial charge on any atom is 0.274 e. The van der Waals surface area contributed by atoms with Crippen LogP contribution in [-0.4, -0.2) is 45.8 Å². The van der Waals surface area contributed by atoms with Crippen molar-refractivity contribution < 1.29 is 9.59 Å². The second-order valence-corrected chi connectivity index (χ2v) is 10.6. The van der Waals surface area contributed by atoms with Crippen LogP contribution in [0, 0.1) is 0 Å². The van der Waals surface area contributed by atoms with E-state index in [1.54, 1.807) is 23.6 Å². The summed E-state index contributed by atoms with van der Waals surface area (Å²) in [5.74, 6) is 0.305. The summed E-state index contributed by atoms with van der Waals surface area (Å²) in [6.45, 7) is 1.09. The fourth-order valence-electron chi connectivity index (χ4n) is 4.98. The molecule has 2 fully saturated rings. The van der Waals surface area contributed by atoms with E-state index in [9.17, 15) is 9.59 Å². The molecule has 0 unspecified atom stereocenters. The maximum atomic E-state index is 13.9. The Bertz CT molecular complexity index is 1410. The van der Waals surface area contributed by atoms with E-state index < -0.39 is 0 Å². The number of nitrogens with one attached hydrogen (secondary N) is 1. The number of benzene rings is 2. The second kappa shape index (κ2) is 9.82. The van der Waals surface area contributed by atoms with E-state index in [1.807, 2.05) is 59.5 Å². The summed E-state index contributed by atoms with van der Waals surface area (Å²) in [5.41, 5.74) is 2.85. The average molecular weight is 497 g/mol. The fraction of sp³-hybridized carbons (Fsp3) is 0.310. The summed E-state index contributed by atoms with van der Waals surface area (Å²) in [7, 11) is 0. The monoisotopic (exact) mass is 496 g/mol. The first-order valence-electron chi connectivity index (χ1n) is 12.7. The number of pyridine rings is 1. The van der Waals surface area contributed by atoms with Crippen LogP contribution < -0.4 is 5.32 Å². The van der Waals surface area contributed by atoms with Crippen LogP contribution in [-0.2, 0) is 0 Å². The van der Waals surface area contributed by atoms with Crippen LogP contribution in [0.4, 0.5) is 0 Å². The van der Waals surface area contributed by atoms with Crippen LogP contribution in [0.15, 0.2) is 66.9 Å². The Morgan fingerprint density at radius 2 is 1.81 bits per heavy atom. The Kier molecular flexibility index (Phi) is 6.23. The van der Waals surface area contributed by atoms with Crippen molar-refractivity contribution in [3.63, 3.8) is 0 Å². The van der Waals surface area contributed by atoms with Crippen molar-refractivity contribution in [1.82, 2.24) is 20.2 Å². The normalized spacial score (nSPS) is 17.8. The largest absolute Gasteiger partial charge is 0.350 e. The van der Waals surface area contributed by atoms with Gasteiger partial charge < -0.3 is 10.2 Å². The number of hydrogen-bond donors (Lipinski definition) is 1. The highest BCUT2D eigenvalue weighted by Crippen LogP contribution is 2.45. The van der Waals surface area contributed by atoms with Crippen molar-refractivity contribution in [2.75, 3.05) is 13.1 Å². The van der Waals surface area contributed by atoms with Gasteiger partial charge in [0.15, 0.2) is 0 Å². The minimum absolute atomic E-state index is 0.0252. The highest BCUT2D eigenvalue weighted by molar-refractivity contribution is 7.15. The van der Waals surface area contributed by atoms with Gasteiger partial charge in [-0.25, -0.2) is 4.98 Å². The zero-order valence-corrected chi connectivity index (χ0v) is 20.8. The van der Waals surface area contributed by atoms with Gasteiger partial charge in [0.2, 0.25) is 0 Å². The van der Waals surface area contributed by atoms with Gasteiger partial charge in [0.25, 0.3) is 11.8 Å². The van der Waals surface area contributed by atoms with E-state index >= 15 is 0 Å². The van der Waals surface area contributed by atoms with Crippen LogP contribution in [0.3, 0.4) is 0 Å². The Morgan fingerprint density at radius 1 is 0.972 bits per heavy atom. The third-order valence-electron chi connectivity index (χ3n) is 7.07.